The number of aromatic nitrogens is 4. The average Bonchev–Trinajstić information content (AvgIpc) is 2.28. The number of anilines is 2. The number of unbranched alkanes of at least 4 members (excludes halogenated alkanes) is 1. The smallest absolute Gasteiger partial charge is 0.263 e. The molecule has 2 heterocycles. The van der Waals surface area contributed by atoms with Gasteiger partial charge in [-0.15, -0.1) is 0 Å². The maximum absolute atomic E-state index is 11.7. The number of rotatable bonds is 4. The van der Waals surface area contributed by atoms with Crippen LogP contribution in [0.3, 0.4) is 0 Å². The number of fused-ring (bicyclic) bond motifs is 1. The van der Waals surface area contributed by atoms with Crippen molar-refractivity contribution in [3.8, 4) is 0 Å². The van der Waals surface area contributed by atoms with E-state index in [0.29, 0.717) is 16.9 Å². The summed E-state index contributed by atoms with van der Waals surface area (Å²) in [4.78, 5) is 26.1. The van der Waals surface area contributed by atoms with Gasteiger partial charge in [0.1, 0.15) is 11.2 Å². The summed E-state index contributed by atoms with van der Waals surface area (Å²) in [5, 5.41) is 3.42. The molecule has 4 N–H and O–H groups in total. The lowest BCUT2D eigenvalue weighted by Gasteiger charge is -2.07. The molecule has 0 unspecified atom stereocenters. The number of aromatic amines is 1. The third kappa shape index (κ3) is 2.32. The molecule has 0 atom stereocenters. The molecular weight excluding hydrogens is 220 g/mol. The van der Waals surface area contributed by atoms with Crippen LogP contribution in [0.5, 0.6) is 0 Å². The van der Waals surface area contributed by atoms with Crippen molar-refractivity contribution in [3.63, 3.8) is 0 Å². The standard InChI is InChI=1S/C10H14N6O/c1-2-3-4-12-7-6-8(16-10(11)15-7)13-5-14-9(6)17/h5H,2-4H2,1H3,(H4,11,12,13,14,15,16,17). The van der Waals surface area contributed by atoms with Crippen LogP contribution in [0.2, 0.25) is 0 Å². The fourth-order valence-corrected chi connectivity index (χ4v) is 1.50. The third-order valence-electron chi connectivity index (χ3n) is 2.34. The first-order valence-electron chi connectivity index (χ1n) is 5.47. The Morgan fingerprint density at radius 2 is 2.29 bits per heavy atom. The minimum absolute atomic E-state index is 0.106. The maximum Gasteiger partial charge on any atom is 0.263 e. The first-order valence-corrected chi connectivity index (χ1v) is 5.47. The number of hydrogen-bond donors (Lipinski definition) is 3. The zero-order chi connectivity index (χ0) is 12.3. The van der Waals surface area contributed by atoms with E-state index in [4.69, 9.17) is 5.73 Å². The quantitative estimate of drug-likeness (QED) is 0.665. The molecule has 7 heteroatoms. The maximum atomic E-state index is 11.7. The van der Waals surface area contributed by atoms with Crippen molar-refractivity contribution in [3.05, 3.63) is 16.7 Å². The summed E-state index contributed by atoms with van der Waals surface area (Å²) in [6.07, 6.45) is 3.34. The summed E-state index contributed by atoms with van der Waals surface area (Å²) in [6, 6.07) is 0. The Morgan fingerprint density at radius 3 is 3.06 bits per heavy atom. The molecule has 0 aliphatic heterocycles. The second-order valence-corrected chi connectivity index (χ2v) is 3.64. The monoisotopic (exact) mass is 234 g/mol. The van der Waals surface area contributed by atoms with E-state index in [9.17, 15) is 4.79 Å². The van der Waals surface area contributed by atoms with Gasteiger partial charge in [0.15, 0.2) is 5.65 Å². The molecule has 17 heavy (non-hydrogen) atoms. The molecule has 2 aromatic heterocycles. The molecule has 0 aromatic carbocycles. The van der Waals surface area contributed by atoms with Gasteiger partial charge in [0, 0.05) is 6.54 Å². The van der Waals surface area contributed by atoms with Crippen LogP contribution in [0.15, 0.2) is 11.1 Å². The van der Waals surface area contributed by atoms with Gasteiger partial charge in [0.25, 0.3) is 5.56 Å². The van der Waals surface area contributed by atoms with Crippen molar-refractivity contribution in [2.75, 3.05) is 17.6 Å². The molecule has 0 saturated carbocycles. The Kier molecular flexibility index (Phi) is 3.17. The molecule has 0 bridgehead atoms. The van der Waals surface area contributed by atoms with Crippen LogP contribution in [-0.4, -0.2) is 26.5 Å². The van der Waals surface area contributed by atoms with Gasteiger partial charge in [-0.25, -0.2) is 4.98 Å². The Morgan fingerprint density at radius 1 is 1.47 bits per heavy atom. The summed E-state index contributed by atoms with van der Waals surface area (Å²) in [6.45, 7) is 2.82. The van der Waals surface area contributed by atoms with Crippen molar-refractivity contribution in [2.45, 2.75) is 19.8 Å². The van der Waals surface area contributed by atoms with Crippen molar-refractivity contribution in [2.24, 2.45) is 0 Å². The minimum Gasteiger partial charge on any atom is -0.369 e. The highest BCUT2D eigenvalue weighted by atomic mass is 16.1. The van der Waals surface area contributed by atoms with Crippen LogP contribution in [0.25, 0.3) is 11.0 Å². The Bertz CT molecular complexity index is 579. The largest absolute Gasteiger partial charge is 0.369 e. The molecule has 0 fully saturated rings. The van der Waals surface area contributed by atoms with E-state index in [2.05, 4.69) is 32.2 Å². The number of hydrogen-bond acceptors (Lipinski definition) is 6. The van der Waals surface area contributed by atoms with E-state index < -0.39 is 0 Å². The van der Waals surface area contributed by atoms with Gasteiger partial charge < -0.3 is 16.0 Å². The summed E-state index contributed by atoms with van der Waals surface area (Å²) in [5.41, 5.74) is 5.60. The van der Waals surface area contributed by atoms with Crippen LogP contribution >= 0.6 is 0 Å². The van der Waals surface area contributed by atoms with Crippen molar-refractivity contribution in [1.82, 2.24) is 19.9 Å². The van der Waals surface area contributed by atoms with Gasteiger partial charge in [-0.3, -0.25) is 4.79 Å². The van der Waals surface area contributed by atoms with E-state index in [0.717, 1.165) is 19.4 Å². The second kappa shape index (κ2) is 4.77. The molecule has 7 nitrogen and oxygen atoms in total. The highest BCUT2D eigenvalue weighted by molar-refractivity contribution is 5.86. The Balaban J connectivity index is 2.49. The number of nitrogens with one attached hydrogen (secondary N) is 2. The first-order chi connectivity index (χ1) is 8.22. The first kappa shape index (κ1) is 11.3. The minimum atomic E-state index is -0.269. The van der Waals surface area contributed by atoms with Gasteiger partial charge in [-0.2, -0.15) is 9.97 Å². The summed E-state index contributed by atoms with van der Waals surface area (Å²) < 4.78 is 0. The summed E-state index contributed by atoms with van der Waals surface area (Å²) >= 11 is 0. The highest BCUT2D eigenvalue weighted by Crippen LogP contribution is 2.14. The molecule has 0 aliphatic rings. The lowest BCUT2D eigenvalue weighted by Crippen LogP contribution is -2.14. The predicted octanol–water partition coefficient (Wildman–Crippen LogP) is 0.507. The summed E-state index contributed by atoms with van der Waals surface area (Å²) in [7, 11) is 0. The zero-order valence-corrected chi connectivity index (χ0v) is 9.53. The zero-order valence-electron chi connectivity index (χ0n) is 9.53. The van der Waals surface area contributed by atoms with Crippen molar-refractivity contribution in [1.29, 1.82) is 0 Å². The van der Waals surface area contributed by atoms with E-state index in [1.54, 1.807) is 0 Å². The normalized spacial score (nSPS) is 10.6. The van der Waals surface area contributed by atoms with Crippen molar-refractivity contribution < 1.29 is 0 Å². The number of nitrogen functional groups attached to an aromatic ring is 1. The van der Waals surface area contributed by atoms with Crippen LogP contribution in [0, 0.1) is 0 Å². The van der Waals surface area contributed by atoms with Gasteiger partial charge in [-0.1, -0.05) is 13.3 Å². The highest BCUT2D eigenvalue weighted by Gasteiger charge is 2.09. The van der Waals surface area contributed by atoms with Crippen LogP contribution in [-0.2, 0) is 0 Å². The average molecular weight is 234 g/mol. The van der Waals surface area contributed by atoms with Crippen LogP contribution in [0.1, 0.15) is 19.8 Å². The second-order valence-electron chi connectivity index (χ2n) is 3.64. The SMILES string of the molecule is CCCCNc1nc(N)nc2nc[nH]c(=O)c12. The lowest BCUT2D eigenvalue weighted by molar-refractivity contribution is 0.831. The van der Waals surface area contributed by atoms with Crippen molar-refractivity contribution >= 4 is 22.8 Å². The van der Waals surface area contributed by atoms with E-state index in [1.807, 2.05) is 0 Å². The topological polar surface area (TPSA) is 110 Å². The number of H-pyrrole nitrogens is 1. The van der Waals surface area contributed by atoms with Crippen LogP contribution < -0.4 is 16.6 Å². The predicted molar refractivity (Wildman–Crippen MR) is 65.8 cm³/mol. The van der Waals surface area contributed by atoms with E-state index >= 15 is 0 Å². The molecule has 0 saturated heterocycles. The molecule has 2 rings (SSSR count). The molecule has 2 aromatic rings. The Labute approximate surface area is 97.5 Å². The van der Waals surface area contributed by atoms with Gasteiger partial charge in [0.2, 0.25) is 5.95 Å². The Hall–Kier alpha value is -2.18. The molecule has 0 spiro atoms. The van der Waals surface area contributed by atoms with Gasteiger partial charge in [0.05, 0.1) is 6.33 Å². The molecule has 0 amide bonds. The van der Waals surface area contributed by atoms with Crippen LogP contribution in [0.4, 0.5) is 11.8 Å². The number of nitrogens with two attached hydrogens (primary N) is 1. The summed E-state index contributed by atoms with van der Waals surface area (Å²) in [5.74, 6) is 0.546. The van der Waals surface area contributed by atoms with Gasteiger partial charge >= 0.3 is 0 Å². The fourth-order valence-electron chi connectivity index (χ4n) is 1.50. The molecule has 0 radical (unpaired) electrons. The fraction of sp³-hybridized carbons (Fsp3) is 0.400. The molecule has 0 aliphatic carbocycles. The van der Waals surface area contributed by atoms with E-state index in [-0.39, 0.29) is 11.5 Å². The van der Waals surface area contributed by atoms with Gasteiger partial charge in [-0.05, 0) is 6.42 Å². The third-order valence-corrected chi connectivity index (χ3v) is 2.34. The number of nitrogens with zero attached hydrogens (tertiary/aromatic N) is 3. The molecule has 90 valence electrons. The molecular formula is C10H14N6O. The van der Waals surface area contributed by atoms with E-state index in [1.165, 1.54) is 6.33 Å². The lowest BCUT2D eigenvalue weighted by atomic mass is 10.3.